The number of rotatable bonds is 8. The number of ether oxygens (including phenoxy) is 2. The van der Waals surface area contributed by atoms with E-state index in [0.29, 0.717) is 0 Å². The van der Waals surface area contributed by atoms with E-state index in [1.807, 2.05) is 12.2 Å². The molecule has 0 N–H and O–H groups in total. The van der Waals surface area contributed by atoms with Crippen molar-refractivity contribution in [2.45, 2.75) is 19.3 Å². The normalized spacial score (nSPS) is 10.6. The van der Waals surface area contributed by atoms with Gasteiger partial charge in [-0.05, 0) is 19.3 Å². The van der Waals surface area contributed by atoms with Gasteiger partial charge in [-0.2, -0.15) is 0 Å². The van der Waals surface area contributed by atoms with E-state index in [0.717, 1.165) is 31.4 Å². The molecule has 0 unspecified atom stereocenters. The lowest BCUT2D eigenvalue weighted by atomic mass is 10.2. The van der Waals surface area contributed by atoms with Crippen LogP contribution in [0.2, 0.25) is 0 Å². The van der Waals surface area contributed by atoms with Crippen molar-refractivity contribution in [3.63, 3.8) is 0 Å². The molecule has 0 heterocycles. The fourth-order valence-corrected chi connectivity index (χ4v) is 0.948. The van der Waals surface area contributed by atoms with Gasteiger partial charge in [-0.25, -0.2) is 9.59 Å². The zero-order valence-corrected chi connectivity index (χ0v) is 10.1. The van der Waals surface area contributed by atoms with Gasteiger partial charge in [0.1, 0.15) is 6.61 Å². The monoisotopic (exact) mass is 238 g/mol. The Morgan fingerprint density at radius 2 is 1.82 bits per heavy atom. The molecule has 0 atom stereocenters. The van der Waals surface area contributed by atoms with Gasteiger partial charge in [-0.1, -0.05) is 18.2 Å². The molecule has 0 radical (unpaired) electrons. The average molecular weight is 238 g/mol. The average Bonchev–Trinajstić information content (AvgIpc) is 2.34. The molecule has 0 aliphatic rings. The summed E-state index contributed by atoms with van der Waals surface area (Å²) in [4.78, 5) is 21.7. The van der Waals surface area contributed by atoms with Gasteiger partial charge in [0.2, 0.25) is 0 Å². The Balaban J connectivity index is 3.60. The summed E-state index contributed by atoms with van der Waals surface area (Å²) in [6.07, 6.45) is 10.6. The molecule has 0 saturated heterocycles. The van der Waals surface area contributed by atoms with Crippen LogP contribution in [0.15, 0.2) is 37.0 Å². The lowest BCUT2D eigenvalue weighted by Gasteiger charge is -1.96. The predicted molar refractivity (Wildman–Crippen MR) is 65.3 cm³/mol. The van der Waals surface area contributed by atoms with Gasteiger partial charge in [-0.3, -0.25) is 0 Å². The third-order valence-electron chi connectivity index (χ3n) is 1.82. The molecule has 0 fully saturated rings. The maximum absolute atomic E-state index is 11.0. The predicted octanol–water partition coefficient (Wildman–Crippen LogP) is 2.17. The van der Waals surface area contributed by atoms with Crippen molar-refractivity contribution in [2.24, 2.45) is 0 Å². The van der Waals surface area contributed by atoms with Crippen molar-refractivity contribution < 1.29 is 19.1 Å². The molecule has 4 nitrogen and oxygen atoms in total. The van der Waals surface area contributed by atoms with Gasteiger partial charge in [-0.15, -0.1) is 6.58 Å². The van der Waals surface area contributed by atoms with E-state index in [9.17, 15) is 9.59 Å². The van der Waals surface area contributed by atoms with Gasteiger partial charge in [0.15, 0.2) is 0 Å². The van der Waals surface area contributed by atoms with Crippen LogP contribution in [0.25, 0.3) is 0 Å². The maximum Gasteiger partial charge on any atom is 0.331 e. The minimum Gasteiger partial charge on any atom is -0.466 e. The molecule has 0 aliphatic heterocycles. The number of esters is 2. The Morgan fingerprint density at radius 1 is 1.12 bits per heavy atom. The fraction of sp³-hybridized carbons (Fsp3) is 0.385. The molecule has 0 rings (SSSR count). The summed E-state index contributed by atoms with van der Waals surface area (Å²) in [5.74, 6) is -1.15. The van der Waals surface area contributed by atoms with Crippen LogP contribution >= 0.6 is 0 Å². The van der Waals surface area contributed by atoms with Crippen LogP contribution in [-0.2, 0) is 19.1 Å². The summed E-state index contributed by atoms with van der Waals surface area (Å²) in [7, 11) is 1.24. The lowest BCUT2D eigenvalue weighted by Crippen LogP contribution is -2.02. The lowest BCUT2D eigenvalue weighted by molar-refractivity contribution is -0.138. The van der Waals surface area contributed by atoms with E-state index in [2.05, 4.69) is 11.3 Å². The summed E-state index contributed by atoms with van der Waals surface area (Å²) in [6.45, 7) is 3.83. The maximum atomic E-state index is 11.0. The van der Waals surface area contributed by atoms with E-state index in [1.54, 1.807) is 6.08 Å². The Bertz CT molecular complexity index is 303. The standard InChI is InChI=1S/C13H18O4/c1-3-4-5-6-7-8-11-17-13(15)10-9-12(14)16-2/h3,7-10H,1,4-6,11H2,2H3/b8-7?,10-9-. The van der Waals surface area contributed by atoms with Crippen LogP contribution in [0.1, 0.15) is 19.3 Å². The number of carbonyl (C=O) groups excluding carboxylic acids is 2. The molecular weight excluding hydrogens is 220 g/mol. The molecule has 0 saturated carbocycles. The van der Waals surface area contributed by atoms with Gasteiger partial charge < -0.3 is 9.47 Å². The molecule has 17 heavy (non-hydrogen) atoms. The van der Waals surface area contributed by atoms with Crippen molar-refractivity contribution >= 4 is 11.9 Å². The van der Waals surface area contributed by atoms with E-state index in [4.69, 9.17) is 4.74 Å². The van der Waals surface area contributed by atoms with Gasteiger partial charge in [0.25, 0.3) is 0 Å². The van der Waals surface area contributed by atoms with Crippen molar-refractivity contribution in [3.05, 3.63) is 37.0 Å². The first-order valence-electron chi connectivity index (χ1n) is 5.39. The second-order valence-electron chi connectivity index (χ2n) is 3.18. The number of methoxy groups -OCH3 is 1. The quantitative estimate of drug-likeness (QED) is 0.281. The van der Waals surface area contributed by atoms with Crippen molar-refractivity contribution in [1.29, 1.82) is 0 Å². The molecule has 0 aromatic heterocycles. The molecule has 0 aromatic rings. The minimum absolute atomic E-state index is 0.207. The summed E-state index contributed by atoms with van der Waals surface area (Å²) in [5.41, 5.74) is 0. The number of allylic oxidation sites excluding steroid dienone is 2. The van der Waals surface area contributed by atoms with Gasteiger partial charge in [0, 0.05) is 12.2 Å². The van der Waals surface area contributed by atoms with Crippen LogP contribution in [-0.4, -0.2) is 25.7 Å². The largest absolute Gasteiger partial charge is 0.466 e. The first kappa shape index (κ1) is 15.2. The highest BCUT2D eigenvalue weighted by Crippen LogP contribution is 1.96. The highest BCUT2D eigenvalue weighted by Gasteiger charge is 1.97. The van der Waals surface area contributed by atoms with Crippen LogP contribution in [0.5, 0.6) is 0 Å². The van der Waals surface area contributed by atoms with Crippen LogP contribution < -0.4 is 0 Å². The van der Waals surface area contributed by atoms with E-state index in [-0.39, 0.29) is 6.61 Å². The molecule has 4 heteroatoms. The molecule has 0 bridgehead atoms. The summed E-state index contributed by atoms with van der Waals surface area (Å²) in [6, 6.07) is 0. The number of hydrogen-bond donors (Lipinski definition) is 0. The third kappa shape index (κ3) is 10.4. The Labute approximate surface area is 102 Å². The molecular formula is C13H18O4. The highest BCUT2D eigenvalue weighted by molar-refractivity contribution is 5.91. The van der Waals surface area contributed by atoms with Crippen LogP contribution in [0.3, 0.4) is 0 Å². The molecule has 0 aromatic carbocycles. The highest BCUT2D eigenvalue weighted by atomic mass is 16.5. The zero-order valence-electron chi connectivity index (χ0n) is 10.1. The van der Waals surface area contributed by atoms with Crippen molar-refractivity contribution in [1.82, 2.24) is 0 Å². The second kappa shape index (κ2) is 10.7. The molecule has 0 amide bonds. The first-order chi connectivity index (χ1) is 8.20. The zero-order chi connectivity index (χ0) is 12.9. The number of unbranched alkanes of at least 4 members (excludes halogenated alkanes) is 2. The number of carbonyl (C=O) groups is 2. The SMILES string of the molecule is C=CCCCC=CCOC(=O)/C=C\C(=O)OC. The van der Waals surface area contributed by atoms with Gasteiger partial charge >= 0.3 is 11.9 Å². The van der Waals surface area contributed by atoms with Crippen molar-refractivity contribution in [3.8, 4) is 0 Å². The summed E-state index contributed by atoms with van der Waals surface area (Å²) >= 11 is 0. The Morgan fingerprint density at radius 3 is 2.47 bits per heavy atom. The number of hydrogen-bond acceptors (Lipinski definition) is 4. The molecule has 94 valence electrons. The first-order valence-corrected chi connectivity index (χ1v) is 5.39. The van der Waals surface area contributed by atoms with E-state index in [1.165, 1.54) is 7.11 Å². The van der Waals surface area contributed by atoms with E-state index < -0.39 is 11.9 Å². The fourth-order valence-electron chi connectivity index (χ4n) is 0.948. The van der Waals surface area contributed by atoms with Crippen molar-refractivity contribution in [2.75, 3.05) is 13.7 Å². The van der Waals surface area contributed by atoms with E-state index >= 15 is 0 Å². The Kier molecular flexibility index (Phi) is 9.52. The van der Waals surface area contributed by atoms with Crippen LogP contribution in [0, 0.1) is 0 Å². The van der Waals surface area contributed by atoms with Gasteiger partial charge in [0.05, 0.1) is 7.11 Å². The molecule has 0 aliphatic carbocycles. The topological polar surface area (TPSA) is 52.6 Å². The second-order valence-corrected chi connectivity index (χ2v) is 3.18. The third-order valence-corrected chi connectivity index (χ3v) is 1.82. The summed E-state index contributed by atoms with van der Waals surface area (Å²) < 4.78 is 9.13. The minimum atomic E-state index is -0.582. The van der Waals surface area contributed by atoms with Crippen LogP contribution in [0.4, 0.5) is 0 Å². The Hall–Kier alpha value is -1.84. The summed E-state index contributed by atoms with van der Waals surface area (Å²) in [5, 5.41) is 0. The smallest absolute Gasteiger partial charge is 0.331 e. The molecule has 0 spiro atoms.